The van der Waals surface area contributed by atoms with Gasteiger partial charge in [-0.3, -0.25) is 9.59 Å². The van der Waals surface area contributed by atoms with E-state index in [0.29, 0.717) is 5.92 Å². The Kier molecular flexibility index (Phi) is 4.79. The van der Waals surface area contributed by atoms with Gasteiger partial charge in [0.2, 0.25) is 11.8 Å². The van der Waals surface area contributed by atoms with Crippen LogP contribution in [0, 0.1) is 29.1 Å². The van der Waals surface area contributed by atoms with Crippen LogP contribution in [0.5, 0.6) is 5.75 Å². The highest BCUT2D eigenvalue weighted by atomic mass is 16.5. The van der Waals surface area contributed by atoms with Crippen molar-refractivity contribution in [2.75, 3.05) is 13.7 Å². The molecule has 2 amide bonds. The summed E-state index contributed by atoms with van der Waals surface area (Å²) in [7, 11) is 1.65. The van der Waals surface area contributed by atoms with E-state index in [1.54, 1.807) is 7.11 Å². The topological polar surface area (TPSA) is 67.4 Å². The summed E-state index contributed by atoms with van der Waals surface area (Å²) in [4.78, 5) is 25.7. The smallest absolute Gasteiger partial charge is 0.239 e. The summed E-state index contributed by atoms with van der Waals surface area (Å²) in [5.74, 6) is 3.54. The van der Waals surface area contributed by atoms with E-state index in [1.165, 1.54) is 19.3 Å². The Morgan fingerprint density at radius 2 is 1.62 bits per heavy atom. The Morgan fingerprint density at radius 3 is 2.14 bits per heavy atom. The molecule has 1 atom stereocenters. The molecule has 5 nitrogen and oxygen atoms in total. The minimum atomic E-state index is -0.194. The second-order valence-corrected chi connectivity index (χ2v) is 10.0. The summed E-state index contributed by atoms with van der Waals surface area (Å²) in [5, 5.41) is 6.17. The third kappa shape index (κ3) is 3.76. The van der Waals surface area contributed by atoms with Crippen LogP contribution in [-0.4, -0.2) is 25.5 Å². The summed E-state index contributed by atoms with van der Waals surface area (Å²) < 4.78 is 5.24. The zero-order valence-electron chi connectivity index (χ0n) is 17.3. The van der Waals surface area contributed by atoms with Crippen LogP contribution in [-0.2, 0) is 9.59 Å². The Hall–Kier alpha value is -2.04. The third-order valence-electron chi connectivity index (χ3n) is 7.81. The van der Waals surface area contributed by atoms with Gasteiger partial charge in [-0.2, -0.15) is 0 Å². The summed E-state index contributed by atoms with van der Waals surface area (Å²) in [6.07, 6.45) is 9.32. The van der Waals surface area contributed by atoms with Crippen molar-refractivity contribution in [3.05, 3.63) is 29.8 Å². The first-order chi connectivity index (χ1) is 14.0. The molecule has 0 aliphatic heterocycles. The van der Waals surface area contributed by atoms with E-state index in [2.05, 4.69) is 10.6 Å². The molecule has 6 rings (SSSR count). The van der Waals surface area contributed by atoms with Gasteiger partial charge in [0.15, 0.2) is 0 Å². The van der Waals surface area contributed by atoms with Crippen molar-refractivity contribution < 1.29 is 14.3 Å². The van der Waals surface area contributed by atoms with E-state index in [4.69, 9.17) is 4.74 Å². The van der Waals surface area contributed by atoms with E-state index in [0.717, 1.165) is 61.2 Å². The van der Waals surface area contributed by atoms with Gasteiger partial charge in [0.25, 0.3) is 0 Å². The maximum absolute atomic E-state index is 13.1. The lowest BCUT2D eigenvalue weighted by Gasteiger charge is -2.55. The predicted octanol–water partition coefficient (Wildman–Crippen LogP) is 3.60. The van der Waals surface area contributed by atoms with E-state index >= 15 is 0 Å². The average Bonchev–Trinajstić information content (AvgIpc) is 3.54. The Labute approximate surface area is 173 Å². The molecule has 5 fully saturated rings. The van der Waals surface area contributed by atoms with E-state index < -0.39 is 0 Å². The first-order valence-electron chi connectivity index (χ1n) is 11.3. The Bertz CT molecular complexity index is 749. The molecule has 0 radical (unpaired) electrons. The molecule has 1 unspecified atom stereocenters. The monoisotopic (exact) mass is 396 g/mol. The zero-order valence-corrected chi connectivity index (χ0v) is 17.3. The van der Waals surface area contributed by atoms with Gasteiger partial charge < -0.3 is 15.4 Å². The lowest BCUT2D eigenvalue weighted by atomic mass is 9.49. The van der Waals surface area contributed by atoms with Crippen molar-refractivity contribution in [1.82, 2.24) is 10.6 Å². The van der Waals surface area contributed by atoms with E-state index in [1.807, 2.05) is 24.3 Å². The molecule has 5 saturated carbocycles. The first kappa shape index (κ1) is 19.0. The van der Waals surface area contributed by atoms with Gasteiger partial charge in [-0.15, -0.1) is 0 Å². The number of hydrogen-bond acceptors (Lipinski definition) is 3. The normalized spacial score (nSPS) is 33.2. The molecule has 2 N–H and O–H groups in total. The molecule has 0 heterocycles. The van der Waals surface area contributed by atoms with E-state index in [9.17, 15) is 9.59 Å². The highest BCUT2D eigenvalue weighted by Crippen LogP contribution is 2.60. The van der Waals surface area contributed by atoms with Gasteiger partial charge in [0.05, 0.1) is 19.7 Å². The summed E-state index contributed by atoms with van der Waals surface area (Å²) in [5.41, 5.74) is 0.912. The van der Waals surface area contributed by atoms with Crippen molar-refractivity contribution in [3.63, 3.8) is 0 Å². The lowest BCUT2D eigenvalue weighted by Crippen LogP contribution is -2.54. The number of amides is 2. The molecule has 29 heavy (non-hydrogen) atoms. The maximum Gasteiger partial charge on any atom is 0.239 e. The number of carbonyl (C=O) groups excluding carboxylic acids is 2. The number of nitrogens with one attached hydrogen (secondary N) is 2. The predicted molar refractivity (Wildman–Crippen MR) is 110 cm³/mol. The number of carbonyl (C=O) groups is 2. The number of rotatable bonds is 7. The first-order valence-corrected chi connectivity index (χ1v) is 11.3. The molecule has 0 aromatic heterocycles. The largest absolute Gasteiger partial charge is 0.497 e. The fraction of sp³-hybridized carbons (Fsp3) is 0.667. The summed E-state index contributed by atoms with van der Waals surface area (Å²) in [6, 6.07) is 7.94. The fourth-order valence-electron chi connectivity index (χ4n) is 6.68. The minimum Gasteiger partial charge on any atom is -0.497 e. The average molecular weight is 397 g/mol. The number of benzene rings is 1. The Morgan fingerprint density at radius 1 is 1.03 bits per heavy atom. The third-order valence-corrected chi connectivity index (χ3v) is 7.81. The summed E-state index contributed by atoms with van der Waals surface area (Å²) in [6.45, 7) is 0.0833. The van der Waals surface area contributed by atoms with Gasteiger partial charge in [-0.05, 0) is 92.7 Å². The number of hydrogen-bond donors (Lipinski definition) is 2. The van der Waals surface area contributed by atoms with Gasteiger partial charge in [0, 0.05) is 5.41 Å². The molecular weight excluding hydrogens is 364 g/mol. The molecule has 5 aliphatic carbocycles. The second-order valence-electron chi connectivity index (χ2n) is 10.0. The van der Waals surface area contributed by atoms with Crippen LogP contribution >= 0.6 is 0 Å². The standard InChI is InChI=1S/C24H32N2O3/c1-29-20-6-4-19(5-7-20)22(18-2-3-18)26-21(27)14-25-23(28)24-11-15-8-16(12-24)10-17(9-15)13-24/h4-7,15-18,22H,2-3,8-14H2,1H3,(H,25,28)(H,26,27). The molecule has 0 spiro atoms. The maximum atomic E-state index is 13.1. The fourth-order valence-corrected chi connectivity index (χ4v) is 6.68. The summed E-state index contributed by atoms with van der Waals surface area (Å²) >= 11 is 0. The van der Waals surface area contributed by atoms with Crippen molar-refractivity contribution in [2.45, 2.75) is 57.4 Å². The Balaban J connectivity index is 1.18. The molecule has 5 aliphatic rings. The molecule has 0 saturated heterocycles. The van der Waals surface area contributed by atoms with Crippen LogP contribution in [0.3, 0.4) is 0 Å². The molecule has 156 valence electrons. The van der Waals surface area contributed by atoms with Crippen molar-refractivity contribution in [2.24, 2.45) is 29.1 Å². The van der Waals surface area contributed by atoms with Gasteiger partial charge in [-0.1, -0.05) is 12.1 Å². The number of methoxy groups -OCH3 is 1. The van der Waals surface area contributed by atoms with Gasteiger partial charge in [-0.25, -0.2) is 0 Å². The van der Waals surface area contributed by atoms with Crippen LogP contribution in [0.1, 0.15) is 63.0 Å². The van der Waals surface area contributed by atoms with Crippen molar-refractivity contribution >= 4 is 11.8 Å². The van der Waals surface area contributed by atoms with Crippen LogP contribution in [0.15, 0.2) is 24.3 Å². The highest BCUT2D eigenvalue weighted by Gasteiger charge is 2.54. The SMILES string of the molecule is COc1ccc(C(NC(=O)CNC(=O)C23CC4CC(CC(C4)C2)C3)C2CC2)cc1. The minimum absolute atomic E-state index is 0.0184. The molecule has 5 heteroatoms. The quantitative estimate of drug-likeness (QED) is 0.740. The lowest BCUT2D eigenvalue weighted by molar-refractivity contribution is -0.147. The molecule has 4 bridgehead atoms. The number of ether oxygens (including phenoxy) is 1. The molecule has 1 aromatic rings. The van der Waals surface area contributed by atoms with Gasteiger partial charge in [0.1, 0.15) is 5.75 Å². The van der Waals surface area contributed by atoms with Crippen LogP contribution < -0.4 is 15.4 Å². The van der Waals surface area contributed by atoms with E-state index in [-0.39, 0.29) is 29.8 Å². The second kappa shape index (κ2) is 7.33. The van der Waals surface area contributed by atoms with Crippen LogP contribution in [0.2, 0.25) is 0 Å². The molecule has 1 aromatic carbocycles. The zero-order chi connectivity index (χ0) is 20.0. The molecular formula is C24H32N2O3. The van der Waals surface area contributed by atoms with Crippen LogP contribution in [0.25, 0.3) is 0 Å². The van der Waals surface area contributed by atoms with Crippen LogP contribution in [0.4, 0.5) is 0 Å². The van der Waals surface area contributed by atoms with Crippen molar-refractivity contribution in [1.29, 1.82) is 0 Å². The van der Waals surface area contributed by atoms with Gasteiger partial charge >= 0.3 is 0 Å². The highest BCUT2D eigenvalue weighted by molar-refractivity contribution is 5.88. The van der Waals surface area contributed by atoms with Crippen molar-refractivity contribution in [3.8, 4) is 5.75 Å².